The number of nitro benzene ring substituents is 1. The second-order valence-electron chi connectivity index (χ2n) is 4.56. The molecule has 2 aromatic rings. The first-order valence-corrected chi connectivity index (χ1v) is 7.36. The number of nitro groups is 1. The van der Waals surface area contributed by atoms with Crippen LogP contribution in [0.25, 0.3) is 0 Å². The van der Waals surface area contributed by atoms with Gasteiger partial charge in [0.25, 0.3) is 5.91 Å². The summed E-state index contributed by atoms with van der Waals surface area (Å²) < 4.78 is 10.2. The summed E-state index contributed by atoms with van der Waals surface area (Å²) in [7, 11) is 1.51. The lowest BCUT2D eigenvalue weighted by Gasteiger charge is -2.10. The summed E-state index contributed by atoms with van der Waals surface area (Å²) in [5, 5.41) is 13.7. The van der Waals surface area contributed by atoms with Gasteiger partial charge in [0.05, 0.1) is 17.1 Å². The number of nitrogens with one attached hydrogen (secondary N) is 1. The van der Waals surface area contributed by atoms with Gasteiger partial charge in [-0.15, -0.1) is 0 Å². The van der Waals surface area contributed by atoms with E-state index in [-0.39, 0.29) is 15.8 Å². The Labute approximate surface area is 147 Å². The van der Waals surface area contributed by atoms with E-state index in [9.17, 15) is 14.9 Å². The van der Waals surface area contributed by atoms with Gasteiger partial charge in [-0.25, -0.2) is 0 Å². The van der Waals surface area contributed by atoms with Gasteiger partial charge in [0.2, 0.25) is 5.75 Å². The van der Waals surface area contributed by atoms with E-state index in [0.717, 1.165) is 6.07 Å². The van der Waals surface area contributed by atoms with Gasteiger partial charge in [-0.05, 0) is 18.2 Å². The van der Waals surface area contributed by atoms with Crippen molar-refractivity contribution in [2.75, 3.05) is 19.0 Å². The van der Waals surface area contributed by atoms with E-state index in [0.29, 0.717) is 11.4 Å². The van der Waals surface area contributed by atoms with Gasteiger partial charge in [0.15, 0.2) is 6.61 Å². The quantitative estimate of drug-likeness (QED) is 0.614. The molecule has 0 unspecified atom stereocenters. The highest BCUT2D eigenvalue weighted by molar-refractivity contribution is 6.36. The molecule has 0 saturated heterocycles. The summed E-state index contributed by atoms with van der Waals surface area (Å²) in [4.78, 5) is 22.3. The molecule has 0 radical (unpaired) electrons. The smallest absolute Gasteiger partial charge is 0.314 e. The maximum atomic E-state index is 11.9. The highest BCUT2D eigenvalue weighted by atomic mass is 35.5. The first-order chi connectivity index (χ1) is 11.4. The fourth-order valence-electron chi connectivity index (χ4n) is 1.86. The molecule has 0 fully saturated rings. The molecule has 0 aliphatic rings. The first-order valence-electron chi connectivity index (χ1n) is 6.61. The minimum atomic E-state index is -0.687. The van der Waals surface area contributed by atoms with Crippen LogP contribution in [-0.4, -0.2) is 24.5 Å². The average molecular weight is 371 g/mol. The van der Waals surface area contributed by atoms with E-state index in [1.807, 2.05) is 0 Å². The fourth-order valence-corrected chi connectivity index (χ4v) is 2.40. The Hall–Kier alpha value is -2.51. The summed E-state index contributed by atoms with van der Waals surface area (Å²) in [6, 6.07) is 9.11. The van der Waals surface area contributed by atoms with E-state index < -0.39 is 23.1 Å². The number of hydrogen-bond acceptors (Lipinski definition) is 5. The fraction of sp³-hybridized carbons (Fsp3) is 0.133. The zero-order chi connectivity index (χ0) is 17.7. The van der Waals surface area contributed by atoms with Crippen LogP contribution < -0.4 is 14.8 Å². The van der Waals surface area contributed by atoms with Gasteiger partial charge >= 0.3 is 5.69 Å². The lowest BCUT2D eigenvalue weighted by Crippen LogP contribution is -2.20. The molecule has 7 nitrogen and oxygen atoms in total. The number of anilines is 1. The molecular formula is C15H12Cl2N2O5. The number of amides is 1. The third-order valence-corrected chi connectivity index (χ3v) is 3.39. The Morgan fingerprint density at radius 2 is 2.04 bits per heavy atom. The molecule has 1 amide bonds. The van der Waals surface area contributed by atoms with E-state index in [1.165, 1.54) is 13.2 Å². The van der Waals surface area contributed by atoms with Crippen LogP contribution in [0.5, 0.6) is 11.5 Å². The van der Waals surface area contributed by atoms with E-state index in [4.69, 9.17) is 32.7 Å². The Morgan fingerprint density at radius 1 is 1.29 bits per heavy atom. The van der Waals surface area contributed by atoms with Crippen LogP contribution in [0.3, 0.4) is 0 Å². The number of rotatable bonds is 6. The van der Waals surface area contributed by atoms with Crippen LogP contribution in [0.2, 0.25) is 10.0 Å². The van der Waals surface area contributed by atoms with Gasteiger partial charge in [0.1, 0.15) is 5.75 Å². The lowest BCUT2D eigenvalue weighted by atomic mass is 10.3. The molecule has 2 aromatic carbocycles. The number of halogens is 2. The zero-order valence-electron chi connectivity index (χ0n) is 12.4. The molecule has 9 heteroatoms. The molecular weight excluding hydrogens is 359 g/mol. The molecule has 24 heavy (non-hydrogen) atoms. The second-order valence-corrected chi connectivity index (χ2v) is 5.41. The maximum Gasteiger partial charge on any atom is 0.314 e. The molecule has 0 saturated carbocycles. The minimum Gasteiger partial charge on any atom is -0.497 e. The van der Waals surface area contributed by atoms with Crippen molar-refractivity contribution >= 4 is 40.5 Å². The minimum absolute atomic E-state index is 0.0524. The Morgan fingerprint density at radius 3 is 2.71 bits per heavy atom. The topological polar surface area (TPSA) is 90.7 Å². The number of nitrogens with zero attached hydrogens (tertiary/aromatic N) is 1. The summed E-state index contributed by atoms with van der Waals surface area (Å²) in [5.74, 6) is -0.152. The Balaban J connectivity index is 2.08. The Bertz CT molecular complexity index is 782. The summed E-state index contributed by atoms with van der Waals surface area (Å²) >= 11 is 11.6. The third-order valence-electron chi connectivity index (χ3n) is 2.89. The van der Waals surface area contributed by atoms with Crippen molar-refractivity contribution in [3.63, 3.8) is 0 Å². The summed E-state index contributed by atoms with van der Waals surface area (Å²) in [6.45, 7) is -0.459. The highest BCUT2D eigenvalue weighted by Gasteiger charge is 2.21. The monoisotopic (exact) mass is 370 g/mol. The molecule has 1 N–H and O–H groups in total. The standard InChI is InChI=1S/C15H12Cl2N2O5/c1-23-11-4-2-3-10(7-11)18-14(20)8-24-15-12(17)5-9(16)6-13(15)19(21)22/h2-7H,8H2,1H3,(H,18,20). The zero-order valence-corrected chi connectivity index (χ0v) is 13.9. The molecule has 0 spiro atoms. The maximum absolute atomic E-state index is 11.9. The number of methoxy groups -OCH3 is 1. The average Bonchev–Trinajstić information content (AvgIpc) is 2.53. The van der Waals surface area contributed by atoms with Crippen molar-refractivity contribution in [3.8, 4) is 11.5 Å². The molecule has 0 aromatic heterocycles. The second kappa shape index (κ2) is 7.85. The number of ether oxygens (including phenoxy) is 2. The molecule has 0 heterocycles. The first kappa shape index (κ1) is 17.8. The van der Waals surface area contributed by atoms with Crippen LogP contribution in [0.4, 0.5) is 11.4 Å². The van der Waals surface area contributed by atoms with Gasteiger partial charge < -0.3 is 14.8 Å². The van der Waals surface area contributed by atoms with Gasteiger partial charge in [-0.1, -0.05) is 29.3 Å². The van der Waals surface area contributed by atoms with Crippen molar-refractivity contribution in [2.45, 2.75) is 0 Å². The molecule has 0 bridgehead atoms. The van der Waals surface area contributed by atoms with E-state index in [1.54, 1.807) is 24.3 Å². The predicted molar refractivity (Wildman–Crippen MR) is 90.2 cm³/mol. The Kier molecular flexibility index (Phi) is 5.83. The molecule has 0 aliphatic heterocycles. The molecule has 0 atom stereocenters. The van der Waals surface area contributed by atoms with Crippen LogP contribution in [-0.2, 0) is 4.79 Å². The molecule has 2 rings (SSSR count). The van der Waals surface area contributed by atoms with Crippen LogP contribution in [0, 0.1) is 10.1 Å². The van der Waals surface area contributed by atoms with E-state index >= 15 is 0 Å². The highest BCUT2D eigenvalue weighted by Crippen LogP contribution is 2.37. The number of carbonyl (C=O) groups is 1. The molecule has 0 aliphatic carbocycles. The number of hydrogen-bond donors (Lipinski definition) is 1. The summed E-state index contributed by atoms with van der Waals surface area (Å²) in [5.41, 5.74) is 0.0846. The van der Waals surface area contributed by atoms with Crippen LogP contribution in [0.15, 0.2) is 36.4 Å². The van der Waals surface area contributed by atoms with Crippen molar-refractivity contribution in [2.24, 2.45) is 0 Å². The lowest BCUT2D eigenvalue weighted by molar-refractivity contribution is -0.385. The van der Waals surface area contributed by atoms with Crippen LogP contribution in [0.1, 0.15) is 0 Å². The third kappa shape index (κ3) is 4.50. The van der Waals surface area contributed by atoms with E-state index in [2.05, 4.69) is 5.32 Å². The predicted octanol–water partition coefficient (Wildman–Crippen LogP) is 3.93. The van der Waals surface area contributed by atoms with Crippen molar-refractivity contribution in [1.29, 1.82) is 0 Å². The van der Waals surface area contributed by atoms with Gasteiger partial charge in [-0.2, -0.15) is 0 Å². The largest absolute Gasteiger partial charge is 0.497 e. The normalized spacial score (nSPS) is 10.1. The van der Waals surface area contributed by atoms with Crippen LogP contribution >= 0.6 is 23.2 Å². The molecule has 126 valence electrons. The summed E-state index contributed by atoms with van der Waals surface area (Å²) in [6.07, 6.45) is 0. The number of benzene rings is 2. The SMILES string of the molecule is COc1cccc(NC(=O)COc2c(Cl)cc(Cl)cc2[N+](=O)[O-])c1. The van der Waals surface area contributed by atoms with Crippen molar-refractivity contribution in [3.05, 3.63) is 56.6 Å². The van der Waals surface area contributed by atoms with Gasteiger partial charge in [0, 0.05) is 22.8 Å². The number of carbonyl (C=O) groups excluding carboxylic acids is 1. The van der Waals surface area contributed by atoms with Gasteiger partial charge in [-0.3, -0.25) is 14.9 Å². The van der Waals surface area contributed by atoms with Crippen molar-refractivity contribution in [1.82, 2.24) is 0 Å². The van der Waals surface area contributed by atoms with Crippen molar-refractivity contribution < 1.29 is 19.2 Å².